The van der Waals surface area contributed by atoms with Crippen molar-refractivity contribution in [2.24, 2.45) is 7.05 Å². The van der Waals surface area contributed by atoms with Crippen molar-refractivity contribution in [2.45, 2.75) is 31.5 Å². The van der Waals surface area contributed by atoms with Crippen LogP contribution in [0.5, 0.6) is 11.5 Å². The van der Waals surface area contributed by atoms with Crippen molar-refractivity contribution in [1.29, 1.82) is 0 Å². The summed E-state index contributed by atoms with van der Waals surface area (Å²) < 4.78 is 51.0. The smallest absolute Gasteiger partial charge is 0.416 e. The Morgan fingerprint density at radius 3 is 2.15 bits per heavy atom. The van der Waals surface area contributed by atoms with E-state index < -0.39 is 17.8 Å². The monoisotopic (exact) mass is 461 g/mol. The highest BCUT2D eigenvalue weighted by Gasteiger charge is 2.30. The standard InChI is InChI=1S/C24H26F3N3O3/c1-15(16-5-7-18(8-6-16)24(25,26)27)11-21(31)29-22(23-28-9-10-30(23)2)17-12-19(32-3)14-20(13-17)33-4/h5-10,12-15,22H,11H2,1-4H3,(H,29,31). The molecule has 6 nitrogen and oxygen atoms in total. The van der Waals surface area contributed by atoms with Crippen molar-refractivity contribution in [1.82, 2.24) is 14.9 Å². The Morgan fingerprint density at radius 2 is 1.67 bits per heavy atom. The molecule has 3 rings (SSSR count). The topological polar surface area (TPSA) is 65.4 Å². The summed E-state index contributed by atoms with van der Waals surface area (Å²) in [5.74, 6) is 1.19. The first-order valence-electron chi connectivity index (χ1n) is 10.3. The van der Waals surface area contributed by atoms with Crippen LogP contribution < -0.4 is 14.8 Å². The van der Waals surface area contributed by atoms with Gasteiger partial charge in [-0.15, -0.1) is 0 Å². The van der Waals surface area contributed by atoms with Gasteiger partial charge in [-0.05, 0) is 41.3 Å². The third-order valence-corrected chi connectivity index (χ3v) is 5.43. The molecule has 2 atom stereocenters. The summed E-state index contributed by atoms with van der Waals surface area (Å²) in [6, 6.07) is 9.61. The fourth-order valence-corrected chi connectivity index (χ4v) is 3.56. The molecule has 2 unspecified atom stereocenters. The van der Waals surface area contributed by atoms with E-state index in [0.29, 0.717) is 22.9 Å². The summed E-state index contributed by atoms with van der Waals surface area (Å²) in [4.78, 5) is 17.3. The van der Waals surface area contributed by atoms with Crippen molar-refractivity contribution in [2.75, 3.05) is 14.2 Å². The molecule has 1 N–H and O–H groups in total. The molecule has 1 heterocycles. The highest BCUT2D eigenvalue weighted by Crippen LogP contribution is 2.32. The van der Waals surface area contributed by atoms with Gasteiger partial charge >= 0.3 is 6.18 Å². The lowest BCUT2D eigenvalue weighted by molar-refractivity contribution is -0.137. The Kier molecular flexibility index (Phi) is 7.30. The number of nitrogens with zero attached hydrogens (tertiary/aromatic N) is 2. The molecule has 1 aromatic heterocycles. The van der Waals surface area contributed by atoms with Crippen LogP contribution in [0.25, 0.3) is 0 Å². The average Bonchev–Trinajstić information content (AvgIpc) is 3.21. The highest BCUT2D eigenvalue weighted by atomic mass is 19.4. The number of benzene rings is 2. The van der Waals surface area contributed by atoms with Gasteiger partial charge in [-0.3, -0.25) is 4.79 Å². The van der Waals surface area contributed by atoms with E-state index in [1.165, 1.54) is 12.1 Å². The quantitative estimate of drug-likeness (QED) is 0.521. The zero-order valence-corrected chi connectivity index (χ0v) is 18.8. The molecular weight excluding hydrogens is 435 g/mol. The number of hydrogen-bond donors (Lipinski definition) is 1. The molecule has 33 heavy (non-hydrogen) atoms. The van der Waals surface area contributed by atoms with E-state index in [2.05, 4.69) is 10.3 Å². The molecule has 0 bridgehead atoms. The van der Waals surface area contributed by atoms with Crippen molar-refractivity contribution in [3.05, 3.63) is 77.4 Å². The number of aromatic nitrogens is 2. The van der Waals surface area contributed by atoms with Gasteiger partial charge in [0.2, 0.25) is 5.91 Å². The van der Waals surface area contributed by atoms with Crippen LogP contribution in [0.1, 0.15) is 47.8 Å². The largest absolute Gasteiger partial charge is 0.497 e. The molecule has 0 saturated carbocycles. The van der Waals surface area contributed by atoms with Crippen LogP contribution in [0.3, 0.4) is 0 Å². The van der Waals surface area contributed by atoms with Gasteiger partial charge in [0.15, 0.2) is 0 Å². The Hall–Kier alpha value is -3.49. The van der Waals surface area contributed by atoms with Crippen LogP contribution in [0.2, 0.25) is 0 Å². The molecule has 0 aliphatic rings. The summed E-state index contributed by atoms with van der Waals surface area (Å²) in [6.45, 7) is 1.80. The fourth-order valence-electron chi connectivity index (χ4n) is 3.56. The Morgan fingerprint density at radius 1 is 1.06 bits per heavy atom. The molecule has 0 fully saturated rings. The average molecular weight is 461 g/mol. The number of hydrogen-bond acceptors (Lipinski definition) is 4. The van der Waals surface area contributed by atoms with E-state index in [9.17, 15) is 18.0 Å². The van der Waals surface area contributed by atoms with Crippen molar-refractivity contribution < 1.29 is 27.4 Å². The number of amides is 1. The minimum atomic E-state index is -4.40. The minimum absolute atomic E-state index is 0.0907. The first-order valence-corrected chi connectivity index (χ1v) is 10.3. The van der Waals surface area contributed by atoms with Gasteiger partial charge in [0.25, 0.3) is 0 Å². The van der Waals surface area contributed by atoms with Gasteiger partial charge in [-0.2, -0.15) is 13.2 Å². The molecule has 0 saturated heterocycles. The van der Waals surface area contributed by atoms with Gasteiger partial charge in [-0.1, -0.05) is 19.1 Å². The van der Waals surface area contributed by atoms with E-state index in [4.69, 9.17) is 9.47 Å². The van der Waals surface area contributed by atoms with E-state index in [0.717, 1.165) is 17.7 Å². The molecule has 0 radical (unpaired) electrons. The molecule has 9 heteroatoms. The molecule has 0 aliphatic carbocycles. The number of nitrogens with one attached hydrogen (secondary N) is 1. The number of rotatable bonds is 8. The molecule has 1 amide bonds. The van der Waals surface area contributed by atoms with Gasteiger partial charge < -0.3 is 19.4 Å². The van der Waals surface area contributed by atoms with Gasteiger partial charge in [0.1, 0.15) is 23.4 Å². The predicted octanol–water partition coefficient (Wildman–Crippen LogP) is 4.86. The maximum Gasteiger partial charge on any atom is 0.416 e. The maximum absolute atomic E-state index is 13.0. The van der Waals surface area contributed by atoms with Crippen molar-refractivity contribution >= 4 is 5.91 Å². The van der Waals surface area contributed by atoms with E-state index in [1.807, 2.05) is 7.05 Å². The Labute approximate surface area is 190 Å². The van der Waals surface area contributed by atoms with Gasteiger partial charge in [-0.25, -0.2) is 4.98 Å². The van der Waals surface area contributed by atoms with Crippen molar-refractivity contribution in [3.63, 3.8) is 0 Å². The number of carbonyl (C=O) groups is 1. The fraction of sp³-hybridized carbons (Fsp3) is 0.333. The zero-order valence-electron chi connectivity index (χ0n) is 18.8. The van der Waals surface area contributed by atoms with Crippen LogP contribution in [0, 0.1) is 0 Å². The molecule has 176 valence electrons. The lowest BCUT2D eigenvalue weighted by atomic mass is 9.96. The molecule has 2 aromatic carbocycles. The second-order valence-corrected chi connectivity index (χ2v) is 7.77. The van der Waals surface area contributed by atoms with Crippen LogP contribution in [-0.4, -0.2) is 29.7 Å². The van der Waals surface area contributed by atoms with Crippen LogP contribution in [0.15, 0.2) is 54.9 Å². The predicted molar refractivity (Wildman–Crippen MR) is 117 cm³/mol. The number of ether oxygens (including phenoxy) is 2. The molecule has 3 aromatic rings. The first kappa shape index (κ1) is 24.2. The normalized spacial score (nSPS) is 13.3. The lowest BCUT2D eigenvalue weighted by Gasteiger charge is -2.22. The number of aryl methyl sites for hydroxylation is 1. The second-order valence-electron chi connectivity index (χ2n) is 7.77. The van der Waals surface area contributed by atoms with E-state index >= 15 is 0 Å². The summed E-state index contributed by atoms with van der Waals surface area (Å²) >= 11 is 0. The minimum Gasteiger partial charge on any atom is -0.497 e. The third-order valence-electron chi connectivity index (χ3n) is 5.43. The number of imidazole rings is 1. The number of methoxy groups -OCH3 is 2. The second kappa shape index (κ2) is 9.97. The maximum atomic E-state index is 13.0. The van der Waals surface area contributed by atoms with Crippen LogP contribution in [-0.2, 0) is 18.0 Å². The highest BCUT2D eigenvalue weighted by molar-refractivity contribution is 5.77. The van der Waals surface area contributed by atoms with Gasteiger partial charge in [0, 0.05) is 31.9 Å². The SMILES string of the molecule is COc1cc(OC)cc(C(NC(=O)CC(C)c2ccc(C(F)(F)F)cc2)c2nccn2C)c1. The number of carbonyl (C=O) groups excluding carboxylic acids is 1. The van der Waals surface area contributed by atoms with E-state index in [1.54, 1.807) is 56.3 Å². The summed E-state index contributed by atoms with van der Waals surface area (Å²) in [5.41, 5.74) is 0.649. The third kappa shape index (κ3) is 5.85. The first-order chi connectivity index (χ1) is 15.6. The Bertz CT molecular complexity index is 1070. The van der Waals surface area contributed by atoms with Crippen molar-refractivity contribution in [3.8, 4) is 11.5 Å². The zero-order chi connectivity index (χ0) is 24.2. The summed E-state index contributed by atoms with van der Waals surface area (Å²) in [5, 5.41) is 3.00. The molecule has 0 aliphatic heterocycles. The Balaban J connectivity index is 1.82. The molecule has 0 spiro atoms. The number of alkyl halides is 3. The summed E-state index contributed by atoms with van der Waals surface area (Å²) in [7, 11) is 4.90. The molecular formula is C24H26F3N3O3. The lowest BCUT2D eigenvalue weighted by Crippen LogP contribution is -2.31. The summed E-state index contributed by atoms with van der Waals surface area (Å²) in [6.07, 6.45) is -0.896. The van der Waals surface area contributed by atoms with Gasteiger partial charge in [0.05, 0.1) is 19.8 Å². The number of halogens is 3. The van der Waals surface area contributed by atoms with Crippen LogP contribution >= 0.6 is 0 Å². The van der Waals surface area contributed by atoms with Crippen LogP contribution in [0.4, 0.5) is 13.2 Å². The van der Waals surface area contributed by atoms with E-state index in [-0.39, 0.29) is 18.2 Å².